The highest BCUT2D eigenvalue weighted by Crippen LogP contribution is 2.23. The number of allylic oxidation sites excluding steroid dienone is 13. The fourth-order valence-corrected chi connectivity index (χ4v) is 10.2. The second-order valence-electron chi connectivity index (χ2n) is 23.2. The Morgan fingerprint density at radius 2 is 0.878 bits per heavy atom. The largest absolute Gasteiger partial charge is 0.466 e. The van der Waals surface area contributed by atoms with E-state index in [4.69, 9.17) is 14.2 Å². The van der Waals surface area contributed by atoms with Crippen molar-refractivity contribution in [3.05, 3.63) is 85.1 Å². The van der Waals surface area contributed by atoms with Crippen LogP contribution in [-0.4, -0.2) is 100 Å². The molecule has 82 heavy (non-hydrogen) atoms. The SMILES string of the molecule is C/C=C/CC/C=C/CC/C=C/C(O)C(COC1OC(CO)C(O)C(O)C1O)NC(=O)CCCCCCCCCCCCCCC/C=C\C/C=C\CCCCCCCCCCCOC(=O)CCCCCCC/C=C\C/C=C\CCCCCC. The number of esters is 1. The summed E-state index contributed by atoms with van der Waals surface area (Å²) >= 11 is 0. The smallest absolute Gasteiger partial charge is 0.305 e. The van der Waals surface area contributed by atoms with Crippen LogP contribution >= 0.6 is 0 Å². The van der Waals surface area contributed by atoms with Crippen molar-refractivity contribution >= 4 is 11.9 Å². The molecule has 1 aliphatic rings. The summed E-state index contributed by atoms with van der Waals surface area (Å²) < 4.78 is 16.7. The molecular formula is C71H125NO10. The van der Waals surface area contributed by atoms with E-state index < -0.39 is 49.5 Å². The number of nitrogens with one attached hydrogen (secondary N) is 1. The molecule has 0 aromatic carbocycles. The van der Waals surface area contributed by atoms with Crippen LogP contribution in [0.3, 0.4) is 0 Å². The van der Waals surface area contributed by atoms with Crippen LogP contribution in [0, 0.1) is 0 Å². The first-order valence-electron chi connectivity index (χ1n) is 33.8. The Morgan fingerprint density at radius 1 is 0.476 bits per heavy atom. The molecule has 0 saturated carbocycles. The third kappa shape index (κ3) is 48.1. The highest BCUT2D eigenvalue weighted by molar-refractivity contribution is 5.76. The molecule has 0 radical (unpaired) electrons. The maximum atomic E-state index is 13.0. The van der Waals surface area contributed by atoms with Gasteiger partial charge in [-0.15, -0.1) is 0 Å². The van der Waals surface area contributed by atoms with Crippen molar-refractivity contribution in [3.8, 4) is 0 Å². The van der Waals surface area contributed by atoms with Gasteiger partial charge >= 0.3 is 5.97 Å². The summed E-state index contributed by atoms with van der Waals surface area (Å²) in [6, 6.07) is -0.836. The number of aliphatic hydroxyl groups is 5. The molecule has 7 atom stereocenters. The average Bonchev–Trinajstić information content (AvgIpc) is 3.48. The van der Waals surface area contributed by atoms with Gasteiger partial charge < -0.3 is 45.1 Å². The lowest BCUT2D eigenvalue weighted by molar-refractivity contribution is -0.302. The first-order valence-corrected chi connectivity index (χ1v) is 33.8. The molecule has 0 bridgehead atoms. The van der Waals surface area contributed by atoms with Crippen molar-refractivity contribution in [3.63, 3.8) is 0 Å². The molecule has 7 unspecified atom stereocenters. The van der Waals surface area contributed by atoms with Gasteiger partial charge in [0.25, 0.3) is 0 Å². The number of amides is 1. The van der Waals surface area contributed by atoms with E-state index in [0.717, 1.165) is 83.5 Å². The number of carbonyl (C=O) groups excluding carboxylic acids is 2. The number of hydrogen-bond donors (Lipinski definition) is 6. The van der Waals surface area contributed by atoms with Crippen LogP contribution in [0.4, 0.5) is 0 Å². The molecule has 6 N–H and O–H groups in total. The van der Waals surface area contributed by atoms with Crippen LogP contribution < -0.4 is 5.32 Å². The van der Waals surface area contributed by atoms with E-state index in [0.29, 0.717) is 19.4 Å². The van der Waals surface area contributed by atoms with E-state index in [1.54, 1.807) is 6.08 Å². The van der Waals surface area contributed by atoms with Gasteiger partial charge in [-0.2, -0.15) is 0 Å². The highest BCUT2D eigenvalue weighted by Gasteiger charge is 2.44. The fraction of sp³-hybridized carbons (Fsp3) is 0.775. The van der Waals surface area contributed by atoms with Gasteiger partial charge in [-0.1, -0.05) is 246 Å². The Kier molecular flexibility index (Phi) is 55.8. The number of unbranched alkanes of at least 4 members (excludes halogenated alkanes) is 33. The first kappa shape index (κ1) is 76.9. The van der Waals surface area contributed by atoms with E-state index in [-0.39, 0.29) is 18.5 Å². The van der Waals surface area contributed by atoms with Gasteiger partial charge in [-0.25, -0.2) is 0 Å². The van der Waals surface area contributed by atoms with Crippen molar-refractivity contribution in [2.24, 2.45) is 0 Å². The molecule has 11 heteroatoms. The quantitative estimate of drug-likeness (QED) is 0.0195. The summed E-state index contributed by atoms with van der Waals surface area (Å²) in [5, 5.41) is 54.2. The van der Waals surface area contributed by atoms with Gasteiger partial charge in [0.05, 0.1) is 32.0 Å². The van der Waals surface area contributed by atoms with Crippen molar-refractivity contribution in [1.82, 2.24) is 5.32 Å². The summed E-state index contributed by atoms with van der Waals surface area (Å²) in [7, 11) is 0. The standard InChI is InChI=1S/C71H125NO10/c1-3-5-7-9-11-13-14-15-16-33-36-39-43-47-51-55-59-67(76)80-60-56-52-48-44-40-37-34-31-29-27-25-23-21-19-17-18-20-22-24-26-28-30-32-35-38-42-46-50-54-58-66(75)72-63(64(74)57-53-49-45-41-12-10-8-6-4-2)62-81-71-70(79)69(78)68(77)65(61-73)82-71/h4,6,12-14,16-17,19,23,25,33,41,53,57,63-65,68-71,73-74,77-79H,3,5,7-11,15,18,20-22,24,26-32,34-40,42-52,54-56,58-62H2,1-2H3,(H,72,75)/b6-4+,14-13-,19-17-,25-23-,33-16-,41-12+,57-53+. The third-order valence-electron chi connectivity index (χ3n) is 15.5. The summed E-state index contributed by atoms with van der Waals surface area (Å²) in [4.78, 5) is 25.1. The molecule has 474 valence electrons. The van der Waals surface area contributed by atoms with Crippen molar-refractivity contribution in [2.45, 2.75) is 333 Å². The number of rotatable bonds is 58. The van der Waals surface area contributed by atoms with Crippen molar-refractivity contribution < 1.29 is 49.3 Å². The Labute approximate surface area is 502 Å². The Bertz CT molecular complexity index is 1640. The van der Waals surface area contributed by atoms with Gasteiger partial charge in [0.1, 0.15) is 24.4 Å². The molecule has 0 spiro atoms. The van der Waals surface area contributed by atoms with Crippen LogP contribution in [0.5, 0.6) is 0 Å². The lowest BCUT2D eigenvalue weighted by Crippen LogP contribution is -2.60. The van der Waals surface area contributed by atoms with E-state index in [1.165, 1.54) is 180 Å². The molecule has 0 aromatic rings. The zero-order chi connectivity index (χ0) is 59.5. The summed E-state index contributed by atoms with van der Waals surface area (Å²) in [5.74, 6) is -0.213. The minimum Gasteiger partial charge on any atom is -0.466 e. The summed E-state index contributed by atoms with van der Waals surface area (Å²) in [6.45, 7) is 4.07. The molecular weight excluding hydrogens is 1030 g/mol. The second-order valence-corrected chi connectivity index (χ2v) is 23.2. The van der Waals surface area contributed by atoms with Crippen LogP contribution in [0.25, 0.3) is 0 Å². The molecule has 1 saturated heterocycles. The number of hydrogen-bond acceptors (Lipinski definition) is 10. The molecule has 1 rings (SSSR count). The van der Waals surface area contributed by atoms with Crippen molar-refractivity contribution in [1.29, 1.82) is 0 Å². The normalized spacial score (nSPS) is 18.7. The summed E-state index contributed by atoms with van der Waals surface area (Å²) in [5.41, 5.74) is 0. The van der Waals surface area contributed by atoms with Crippen LogP contribution in [0.2, 0.25) is 0 Å². The topological polar surface area (TPSA) is 175 Å². The molecule has 0 aromatic heterocycles. The van der Waals surface area contributed by atoms with E-state index in [1.807, 2.05) is 19.1 Å². The summed E-state index contributed by atoms with van der Waals surface area (Å²) in [6.07, 6.45) is 71.7. The molecule has 1 amide bonds. The van der Waals surface area contributed by atoms with Crippen LogP contribution in [0.1, 0.15) is 290 Å². The minimum atomic E-state index is -1.58. The third-order valence-corrected chi connectivity index (χ3v) is 15.5. The van der Waals surface area contributed by atoms with E-state index in [9.17, 15) is 35.1 Å². The lowest BCUT2D eigenvalue weighted by Gasteiger charge is -2.40. The molecule has 1 fully saturated rings. The average molecular weight is 1150 g/mol. The van der Waals surface area contributed by atoms with Gasteiger partial charge in [0, 0.05) is 12.8 Å². The number of aliphatic hydroxyl groups excluding tert-OH is 5. The molecule has 11 nitrogen and oxygen atoms in total. The minimum absolute atomic E-state index is 0.0116. The van der Waals surface area contributed by atoms with Gasteiger partial charge in [0.2, 0.25) is 5.91 Å². The zero-order valence-electron chi connectivity index (χ0n) is 52.4. The van der Waals surface area contributed by atoms with Crippen molar-refractivity contribution in [2.75, 3.05) is 19.8 Å². The predicted octanol–water partition coefficient (Wildman–Crippen LogP) is 16.9. The van der Waals surface area contributed by atoms with Gasteiger partial charge in [-0.05, 0) is 116 Å². The number of carbonyl (C=O) groups is 2. The lowest BCUT2D eigenvalue weighted by atomic mass is 9.99. The molecule has 0 aliphatic carbocycles. The first-order chi connectivity index (χ1) is 40.2. The van der Waals surface area contributed by atoms with Gasteiger partial charge in [0.15, 0.2) is 6.29 Å². The fourth-order valence-electron chi connectivity index (χ4n) is 10.2. The molecule has 1 aliphatic heterocycles. The van der Waals surface area contributed by atoms with Gasteiger partial charge in [-0.3, -0.25) is 9.59 Å². The Morgan fingerprint density at radius 3 is 1.34 bits per heavy atom. The zero-order valence-corrected chi connectivity index (χ0v) is 52.4. The van der Waals surface area contributed by atoms with E-state index >= 15 is 0 Å². The second kappa shape index (κ2) is 59.6. The number of ether oxygens (including phenoxy) is 3. The van der Waals surface area contributed by atoms with E-state index in [2.05, 4.69) is 79.1 Å². The Hall–Kier alpha value is -3.16. The Balaban J connectivity index is 1.95. The monoisotopic (exact) mass is 1150 g/mol. The molecule has 1 heterocycles. The van der Waals surface area contributed by atoms with Crippen LogP contribution in [-0.2, 0) is 23.8 Å². The predicted molar refractivity (Wildman–Crippen MR) is 342 cm³/mol. The maximum absolute atomic E-state index is 13.0. The highest BCUT2D eigenvalue weighted by atomic mass is 16.7. The maximum Gasteiger partial charge on any atom is 0.305 e. The van der Waals surface area contributed by atoms with Crippen LogP contribution in [0.15, 0.2) is 85.1 Å².